The maximum atomic E-state index is 12.6. The number of methoxy groups -OCH3 is 1. The topological polar surface area (TPSA) is 51.4 Å². The van der Waals surface area contributed by atoms with Crippen LogP contribution in [-0.2, 0) is 0 Å². The summed E-state index contributed by atoms with van der Waals surface area (Å²) in [6.07, 6.45) is -4.05. The van der Waals surface area contributed by atoms with Gasteiger partial charge in [-0.3, -0.25) is 0 Å². The fourth-order valence-electron chi connectivity index (χ4n) is 2.02. The highest BCUT2D eigenvalue weighted by Gasteiger charge is 2.43. The molecule has 18 heavy (non-hydrogen) atoms. The van der Waals surface area contributed by atoms with Crippen LogP contribution in [0.15, 0.2) is 12.1 Å². The summed E-state index contributed by atoms with van der Waals surface area (Å²) in [5.41, 5.74) is 5.98. The maximum absolute atomic E-state index is 12.6. The lowest BCUT2D eigenvalue weighted by molar-refractivity contribution is -0.168. The van der Waals surface area contributed by atoms with Crippen LogP contribution in [0.3, 0.4) is 0 Å². The Morgan fingerprint density at radius 3 is 2.72 bits per heavy atom. The lowest BCUT2D eigenvalue weighted by atomic mass is 10.1. The first kappa shape index (κ1) is 12.8. The summed E-state index contributed by atoms with van der Waals surface area (Å²) in [4.78, 5) is 5.70. The van der Waals surface area contributed by atoms with E-state index in [0.717, 1.165) is 0 Å². The fourth-order valence-corrected chi connectivity index (χ4v) is 2.02. The third kappa shape index (κ3) is 2.44. The number of aromatic nitrogens is 1. The van der Waals surface area contributed by atoms with Gasteiger partial charge in [0, 0.05) is 13.1 Å². The van der Waals surface area contributed by atoms with E-state index in [1.54, 1.807) is 17.0 Å². The number of alkyl halides is 3. The SMILES string of the molecule is COc1nc(N2CCC(C(F)(F)F)C2)ccc1N. The molecule has 0 spiro atoms. The number of hydrogen-bond acceptors (Lipinski definition) is 4. The van der Waals surface area contributed by atoms with Crippen molar-refractivity contribution in [3.8, 4) is 5.88 Å². The van der Waals surface area contributed by atoms with Crippen molar-refractivity contribution in [1.29, 1.82) is 0 Å². The van der Waals surface area contributed by atoms with Crippen molar-refractivity contribution in [2.75, 3.05) is 30.8 Å². The number of anilines is 2. The highest BCUT2D eigenvalue weighted by atomic mass is 19.4. The Morgan fingerprint density at radius 1 is 1.44 bits per heavy atom. The molecule has 2 heterocycles. The van der Waals surface area contributed by atoms with Crippen molar-refractivity contribution in [3.05, 3.63) is 12.1 Å². The van der Waals surface area contributed by atoms with Crippen LogP contribution in [-0.4, -0.2) is 31.4 Å². The molecule has 1 saturated heterocycles. The van der Waals surface area contributed by atoms with E-state index in [0.29, 0.717) is 18.1 Å². The summed E-state index contributed by atoms with van der Waals surface area (Å²) in [5, 5.41) is 0. The second kappa shape index (κ2) is 4.55. The Kier molecular flexibility index (Phi) is 3.23. The smallest absolute Gasteiger partial charge is 0.393 e. The summed E-state index contributed by atoms with van der Waals surface area (Å²) in [5.74, 6) is -0.585. The Hall–Kier alpha value is -1.66. The molecule has 0 aromatic carbocycles. The minimum atomic E-state index is -4.15. The Bertz CT molecular complexity index is 436. The Balaban J connectivity index is 2.14. The molecular formula is C11H14F3N3O. The fraction of sp³-hybridized carbons (Fsp3) is 0.545. The van der Waals surface area contributed by atoms with Gasteiger partial charge in [-0.1, -0.05) is 0 Å². The number of nitrogens with zero attached hydrogens (tertiary/aromatic N) is 2. The minimum Gasteiger partial charge on any atom is -0.479 e. The molecule has 1 unspecified atom stereocenters. The van der Waals surface area contributed by atoms with Gasteiger partial charge in [0.1, 0.15) is 5.82 Å². The van der Waals surface area contributed by atoms with Gasteiger partial charge in [-0.25, -0.2) is 0 Å². The van der Waals surface area contributed by atoms with Crippen LogP contribution >= 0.6 is 0 Å². The summed E-state index contributed by atoms with van der Waals surface area (Å²) < 4.78 is 42.7. The van der Waals surface area contributed by atoms with Gasteiger partial charge in [-0.2, -0.15) is 18.2 Å². The number of nitrogens with two attached hydrogens (primary N) is 1. The summed E-state index contributed by atoms with van der Waals surface area (Å²) >= 11 is 0. The molecule has 100 valence electrons. The summed E-state index contributed by atoms with van der Waals surface area (Å²) in [7, 11) is 1.42. The molecule has 0 bridgehead atoms. The normalized spacial score (nSPS) is 20.2. The lowest BCUT2D eigenvalue weighted by Gasteiger charge is -2.19. The van der Waals surface area contributed by atoms with Crippen molar-refractivity contribution in [3.63, 3.8) is 0 Å². The molecule has 1 aromatic rings. The first-order valence-corrected chi connectivity index (χ1v) is 5.54. The predicted octanol–water partition coefficient (Wildman–Crippen LogP) is 2.06. The number of rotatable bonds is 2. The number of pyridine rings is 1. The van der Waals surface area contributed by atoms with E-state index in [9.17, 15) is 13.2 Å². The first-order chi connectivity index (χ1) is 8.41. The third-order valence-electron chi connectivity index (χ3n) is 3.04. The molecule has 0 amide bonds. The third-order valence-corrected chi connectivity index (χ3v) is 3.04. The minimum absolute atomic E-state index is 0.0659. The molecule has 1 fully saturated rings. The average molecular weight is 261 g/mol. The van der Waals surface area contributed by atoms with Gasteiger partial charge < -0.3 is 15.4 Å². The van der Waals surface area contributed by atoms with Gasteiger partial charge in [0.05, 0.1) is 18.7 Å². The zero-order valence-electron chi connectivity index (χ0n) is 9.87. The van der Waals surface area contributed by atoms with Crippen LogP contribution in [0, 0.1) is 5.92 Å². The second-order valence-corrected chi connectivity index (χ2v) is 4.24. The Labute approximate surface area is 103 Å². The molecule has 2 N–H and O–H groups in total. The number of hydrogen-bond donors (Lipinski definition) is 1. The van der Waals surface area contributed by atoms with Gasteiger partial charge >= 0.3 is 6.18 Å². The van der Waals surface area contributed by atoms with E-state index >= 15 is 0 Å². The quantitative estimate of drug-likeness (QED) is 0.885. The predicted molar refractivity (Wildman–Crippen MR) is 61.6 cm³/mol. The van der Waals surface area contributed by atoms with Crippen LogP contribution in [0.1, 0.15) is 6.42 Å². The number of halogens is 3. The molecule has 1 aliphatic heterocycles. The van der Waals surface area contributed by atoms with E-state index in [2.05, 4.69) is 4.98 Å². The van der Waals surface area contributed by atoms with Gasteiger partial charge in [-0.15, -0.1) is 0 Å². The van der Waals surface area contributed by atoms with Crippen molar-refractivity contribution < 1.29 is 17.9 Å². The van der Waals surface area contributed by atoms with Crippen LogP contribution in [0.2, 0.25) is 0 Å². The van der Waals surface area contributed by atoms with E-state index in [4.69, 9.17) is 10.5 Å². The molecule has 1 atom stereocenters. The standard InChI is InChI=1S/C11H14F3N3O/c1-18-10-8(15)2-3-9(16-10)17-5-4-7(6-17)11(12,13)14/h2-3,7H,4-6,15H2,1H3. The first-order valence-electron chi connectivity index (χ1n) is 5.54. The zero-order valence-corrected chi connectivity index (χ0v) is 9.87. The van der Waals surface area contributed by atoms with Gasteiger partial charge in [0.15, 0.2) is 0 Å². The zero-order chi connectivity index (χ0) is 13.3. The second-order valence-electron chi connectivity index (χ2n) is 4.24. The number of nitrogen functional groups attached to an aromatic ring is 1. The lowest BCUT2D eigenvalue weighted by Crippen LogP contribution is -2.27. The van der Waals surface area contributed by atoms with Crippen LogP contribution < -0.4 is 15.4 Å². The maximum Gasteiger partial charge on any atom is 0.393 e. The molecule has 1 aliphatic rings. The highest BCUT2D eigenvalue weighted by Crippen LogP contribution is 2.35. The molecule has 7 heteroatoms. The van der Waals surface area contributed by atoms with Crippen molar-refractivity contribution in [1.82, 2.24) is 4.98 Å². The molecule has 4 nitrogen and oxygen atoms in total. The molecular weight excluding hydrogens is 247 g/mol. The van der Waals surface area contributed by atoms with Gasteiger partial charge in [0.25, 0.3) is 0 Å². The van der Waals surface area contributed by atoms with Gasteiger partial charge in [-0.05, 0) is 18.6 Å². The van der Waals surface area contributed by atoms with Crippen LogP contribution in [0.25, 0.3) is 0 Å². The van der Waals surface area contributed by atoms with Gasteiger partial charge in [0.2, 0.25) is 5.88 Å². The van der Waals surface area contributed by atoms with Crippen LogP contribution in [0.4, 0.5) is 24.7 Å². The molecule has 0 radical (unpaired) electrons. The molecule has 0 aliphatic carbocycles. The summed E-state index contributed by atoms with van der Waals surface area (Å²) in [6.45, 7) is 0.272. The molecule has 0 saturated carbocycles. The van der Waals surface area contributed by atoms with E-state index < -0.39 is 12.1 Å². The van der Waals surface area contributed by atoms with Crippen LogP contribution in [0.5, 0.6) is 5.88 Å². The van der Waals surface area contributed by atoms with E-state index in [1.807, 2.05) is 0 Å². The van der Waals surface area contributed by atoms with E-state index in [-0.39, 0.29) is 18.8 Å². The monoisotopic (exact) mass is 261 g/mol. The summed E-state index contributed by atoms with van der Waals surface area (Å²) in [6, 6.07) is 3.19. The largest absolute Gasteiger partial charge is 0.479 e. The highest BCUT2D eigenvalue weighted by molar-refractivity contribution is 5.54. The van der Waals surface area contributed by atoms with Crippen molar-refractivity contribution >= 4 is 11.5 Å². The molecule has 2 rings (SSSR count). The van der Waals surface area contributed by atoms with Crippen molar-refractivity contribution in [2.45, 2.75) is 12.6 Å². The average Bonchev–Trinajstić information content (AvgIpc) is 2.78. The number of ether oxygens (including phenoxy) is 1. The van der Waals surface area contributed by atoms with Crippen molar-refractivity contribution in [2.24, 2.45) is 5.92 Å². The van der Waals surface area contributed by atoms with E-state index in [1.165, 1.54) is 7.11 Å². The molecule has 1 aromatic heterocycles. The Morgan fingerprint density at radius 2 is 2.17 bits per heavy atom.